The standard InChI is InChI=1S/C15H22N2O5S/c1-4-17(15(18)11-16(2)23(3,19)20)10-12-5-6-13-14(9-12)22-8-7-21-13/h5-6,9H,4,7-8,10-11H2,1-3H3. The van der Waals surface area contributed by atoms with E-state index >= 15 is 0 Å². The van der Waals surface area contributed by atoms with E-state index in [-0.39, 0.29) is 12.5 Å². The molecule has 23 heavy (non-hydrogen) atoms. The smallest absolute Gasteiger partial charge is 0.238 e. The van der Waals surface area contributed by atoms with Gasteiger partial charge in [0.15, 0.2) is 11.5 Å². The number of amides is 1. The number of rotatable bonds is 6. The van der Waals surface area contributed by atoms with Crippen LogP contribution in [0.15, 0.2) is 18.2 Å². The fourth-order valence-corrected chi connectivity index (χ4v) is 2.54. The van der Waals surface area contributed by atoms with E-state index < -0.39 is 10.0 Å². The van der Waals surface area contributed by atoms with Crippen LogP contribution >= 0.6 is 0 Å². The molecule has 2 rings (SSSR count). The van der Waals surface area contributed by atoms with E-state index in [4.69, 9.17) is 9.47 Å². The Morgan fingerprint density at radius 3 is 2.48 bits per heavy atom. The Balaban J connectivity index is 2.05. The van der Waals surface area contributed by atoms with Gasteiger partial charge in [0.1, 0.15) is 13.2 Å². The molecule has 0 saturated heterocycles. The van der Waals surface area contributed by atoms with Crippen LogP contribution in [0.4, 0.5) is 0 Å². The highest BCUT2D eigenvalue weighted by molar-refractivity contribution is 7.88. The molecule has 0 aromatic heterocycles. The Morgan fingerprint density at radius 2 is 1.87 bits per heavy atom. The van der Waals surface area contributed by atoms with Crippen LogP contribution in [0.1, 0.15) is 12.5 Å². The second kappa shape index (κ2) is 7.18. The summed E-state index contributed by atoms with van der Waals surface area (Å²) >= 11 is 0. The Hall–Kier alpha value is -1.80. The molecule has 8 heteroatoms. The molecule has 0 spiro atoms. The van der Waals surface area contributed by atoms with E-state index in [0.717, 1.165) is 16.1 Å². The highest BCUT2D eigenvalue weighted by Gasteiger charge is 2.20. The minimum atomic E-state index is -3.38. The summed E-state index contributed by atoms with van der Waals surface area (Å²) in [4.78, 5) is 13.9. The molecule has 0 aliphatic carbocycles. The maximum absolute atomic E-state index is 12.3. The molecule has 1 aromatic carbocycles. The Kier molecular flexibility index (Phi) is 5.48. The van der Waals surface area contributed by atoms with Crippen molar-refractivity contribution in [1.29, 1.82) is 0 Å². The zero-order chi connectivity index (χ0) is 17.0. The van der Waals surface area contributed by atoms with E-state index in [2.05, 4.69) is 0 Å². The average molecular weight is 342 g/mol. The predicted octanol–water partition coefficient (Wildman–Crippen LogP) is 0.698. The minimum Gasteiger partial charge on any atom is -0.486 e. The van der Waals surface area contributed by atoms with Gasteiger partial charge in [-0.1, -0.05) is 6.07 Å². The molecular formula is C15H22N2O5S. The van der Waals surface area contributed by atoms with Crippen molar-refractivity contribution in [1.82, 2.24) is 9.21 Å². The topological polar surface area (TPSA) is 76.2 Å². The molecule has 0 N–H and O–H groups in total. The molecule has 128 valence electrons. The lowest BCUT2D eigenvalue weighted by atomic mass is 10.1. The Morgan fingerprint density at radius 1 is 1.22 bits per heavy atom. The highest BCUT2D eigenvalue weighted by Crippen LogP contribution is 2.31. The van der Waals surface area contributed by atoms with Crippen molar-refractivity contribution in [3.8, 4) is 11.5 Å². The molecule has 0 bridgehead atoms. The third kappa shape index (κ3) is 4.59. The summed E-state index contributed by atoms with van der Waals surface area (Å²) in [6, 6.07) is 5.55. The zero-order valence-electron chi connectivity index (χ0n) is 13.6. The SMILES string of the molecule is CCN(Cc1ccc2c(c1)OCCO2)C(=O)CN(C)S(C)(=O)=O. The normalized spacial score (nSPS) is 13.9. The lowest BCUT2D eigenvalue weighted by Gasteiger charge is -2.24. The fourth-order valence-electron chi connectivity index (χ4n) is 2.19. The summed E-state index contributed by atoms with van der Waals surface area (Å²) in [7, 11) is -1.98. The molecule has 7 nitrogen and oxygen atoms in total. The van der Waals surface area contributed by atoms with E-state index in [0.29, 0.717) is 37.8 Å². The van der Waals surface area contributed by atoms with Crippen molar-refractivity contribution in [2.24, 2.45) is 0 Å². The molecule has 1 aliphatic heterocycles. The zero-order valence-corrected chi connectivity index (χ0v) is 14.4. The van der Waals surface area contributed by atoms with Crippen molar-refractivity contribution in [2.75, 3.05) is 39.6 Å². The van der Waals surface area contributed by atoms with Crippen LogP contribution in [0, 0.1) is 0 Å². The first-order valence-corrected chi connectivity index (χ1v) is 9.23. The number of hydrogen-bond donors (Lipinski definition) is 0. The van der Waals surface area contributed by atoms with Crippen molar-refractivity contribution in [3.05, 3.63) is 23.8 Å². The first-order valence-electron chi connectivity index (χ1n) is 7.39. The second-order valence-corrected chi connectivity index (χ2v) is 7.49. The van der Waals surface area contributed by atoms with Crippen LogP contribution in [-0.2, 0) is 21.4 Å². The minimum absolute atomic E-state index is 0.169. The van der Waals surface area contributed by atoms with Gasteiger partial charge in [-0.2, -0.15) is 4.31 Å². The van der Waals surface area contributed by atoms with Crippen LogP contribution in [0.5, 0.6) is 11.5 Å². The first-order chi connectivity index (χ1) is 10.8. The molecular weight excluding hydrogens is 320 g/mol. The average Bonchev–Trinajstić information content (AvgIpc) is 2.51. The quantitative estimate of drug-likeness (QED) is 0.760. The lowest BCUT2D eigenvalue weighted by Crippen LogP contribution is -2.40. The number of carbonyl (C=O) groups excluding carboxylic acids is 1. The molecule has 0 unspecified atom stereocenters. The van der Waals surface area contributed by atoms with Gasteiger partial charge >= 0.3 is 0 Å². The third-order valence-corrected chi connectivity index (χ3v) is 4.90. The number of fused-ring (bicyclic) bond motifs is 1. The van der Waals surface area contributed by atoms with Gasteiger partial charge in [0.25, 0.3) is 0 Å². The molecule has 0 atom stereocenters. The highest BCUT2D eigenvalue weighted by atomic mass is 32.2. The van der Waals surface area contributed by atoms with Gasteiger partial charge in [-0.25, -0.2) is 8.42 Å². The number of hydrogen-bond acceptors (Lipinski definition) is 5. The monoisotopic (exact) mass is 342 g/mol. The van der Waals surface area contributed by atoms with Crippen molar-refractivity contribution in [2.45, 2.75) is 13.5 Å². The van der Waals surface area contributed by atoms with E-state index in [1.54, 1.807) is 4.90 Å². The summed E-state index contributed by atoms with van der Waals surface area (Å²) < 4.78 is 34.9. The van der Waals surface area contributed by atoms with Crippen molar-refractivity contribution < 1.29 is 22.7 Å². The summed E-state index contributed by atoms with van der Waals surface area (Å²) in [5, 5.41) is 0. The largest absolute Gasteiger partial charge is 0.486 e. The van der Waals surface area contributed by atoms with Gasteiger partial charge in [-0.3, -0.25) is 4.79 Å². The third-order valence-electron chi connectivity index (χ3n) is 3.64. The number of sulfonamides is 1. The fraction of sp³-hybridized carbons (Fsp3) is 0.533. The molecule has 1 heterocycles. The molecule has 1 aromatic rings. The van der Waals surface area contributed by atoms with Gasteiger partial charge in [-0.05, 0) is 24.6 Å². The summed E-state index contributed by atoms with van der Waals surface area (Å²) in [6.07, 6.45) is 1.08. The van der Waals surface area contributed by atoms with Crippen LogP contribution in [0.2, 0.25) is 0 Å². The van der Waals surface area contributed by atoms with Crippen molar-refractivity contribution >= 4 is 15.9 Å². The molecule has 0 fully saturated rings. The number of nitrogens with zero attached hydrogens (tertiary/aromatic N) is 2. The van der Waals surface area contributed by atoms with Crippen LogP contribution < -0.4 is 9.47 Å². The van der Waals surface area contributed by atoms with Gasteiger partial charge in [0.05, 0.1) is 12.8 Å². The molecule has 0 saturated carbocycles. The second-order valence-electron chi connectivity index (χ2n) is 5.40. The summed E-state index contributed by atoms with van der Waals surface area (Å²) in [6.45, 7) is 3.61. The summed E-state index contributed by atoms with van der Waals surface area (Å²) in [5.41, 5.74) is 0.909. The number of ether oxygens (including phenoxy) is 2. The molecule has 1 amide bonds. The summed E-state index contributed by atoms with van der Waals surface area (Å²) in [5.74, 6) is 1.13. The van der Waals surface area contributed by atoms with E-state index in [1.807, 2.05) is 25.1 Å². The van der Waals surface area contributed by atoms with Gasteiger partial charge in [0.2, 0.25) is 15.9 Å². The van der Waals surface area contributed by atoms with E-state index in [9.17, 15) is 13.2 Å². The Labute approximate surface area is 136 Å². The van der Waals surface area contributed by atoms with Gasteiger partial charge < -0.3 is 14.4 Å². The van der Waals surface area contributed by atoms with Crippen LogP contribution in [-0.4, -0.2) is 63.1 Å². The van der Waals surface area contributed by atoms with Crippen molar-refractivity contribution in [3.63, 3.8) is 0 Å². The number of carbonyl (C=O) groups is 1. The van der Waals surface area contributed by atoms with Crippen LogP contribution in [0.3, 0.4) is 0 Å². The molecule has 0 radical (unpaired) electrons. The Bertz CT molecular complexity index is 674. The predicted molar refractivity (Wildman–Crippen MR) is 86.0 cm³/mol. The maximum Gasteiger partial charge on any atom is 0.238 e. The number of benzene rings is 1. The molecule has 1 aliphatic rings. The van der Waals surface area contributed by atoms with E-state index in [1.165, 1.54) is 7.05 Å². The van der Waals surface area contributed by atoms with Gasteiger partial charge in [-0.15, -0.1) is 0 Å². The lowest BCUT2D eigenvalue weighted by molar-refractivity contribution is -0.131. The van der Waals surface area contributed by atoms with Gasteiger partial charge in [0, 0.05) is 20.1 Å². The van der Waals surface area contributed by atoms with Crippen LogP contribution in [0.25, 0.3) is 0 Å². The first kappa shape index (κ1) is 17.6. The number of likely N-dealkylation sites (N-methyl/N-ethyl adjacent to an activating group) is 2. The maximum atomic E-state index is 12.3.